The summed E-state index contributed by atoms with van der Waals surface area (Å²) in [6.45, 7) is 5.44. The predicted molar refractivity (Wildman–Crippen MR) is 37.9 cm³/mol. The van der Waals surface area contributed by atoms with Gasteiger partial charge >= 0.3 is 0 Å². The molecule has 0 saturated heterocycles. The minimum atomic E-state index is -0.597. The van der Waals surface area contributed by atoms with E-state index in [-0.39, 0.29) is 5.91 Å². The van der Waals surface area contributed by atoms with E-state index in [0.717, 1.165) is 0 Å². The number of carbonyl (C=O) groups is 1. The molecule has 0 radical (unpaired) electrons. The summed E-state index contributed by atoms with van der Waals surface area (Å²) in [5.41, 5.74) is 0. The molecule has 10 heavy (non-hydrogen) atoms. The largest absolute Gasteiger partial charge is 0.350 e. The summed E-state index contributed by atoms with van der Waals surface area (Å²) >= 11 is 0. The van der Waals surface area contributed by atoms with Crippen molar-refractivity contribution in [1.29, 1.82) is 0 Å². The highest BCUT2D eigenvalue weighted by Gasteiger charge is 2.09. The molecule has 0 aromatic rings. The third-order valence-corrected chi connectivity index (χ3v) is 0.994. The zero-order valence-electron chi connectivity index (χ0n) is 5.96. The summed E-state index contributed by atoms with van der Waals surface area (Å²) < 4.78 is 0. The Bertz CT molecular complexity index is 125. The summed E-state index contributed by atoms with van der Waals surface area (Å²) in [4.78, 5) is 15.0. The van der Waals surface area contributed by atoms with E-state index in [1.165, 1.54) is 0 Å². The Morgan fingerprint density at radius 1 is 2.00 bits per heavy atom. The minimum absolute atomic E-state index is 0.234. The van der Waals surface area contributed by atoms with E-state index in [1.807, 2.05) is 0 Å². The maximum Gasteiger partial charge on any atom is 0.251 e. The van der Waals surface area contributed by atoms with E-state index in [1.54, 1.807) is 13.0 Å². The molecule has 0 aromatic carbocycles. The smallest absolute Gasteiger partial charge is 0.251 e. The molecule has 4 heteroatoms. The second kappa shape index (κ2) is 4.96. The molecule has 3 N–H and O–H groups in total. The van der Waals surface area contributed by atoms with Crippen LogP contribution in [-0.2, 0) is 9.63 Å². The van der Waals surface area contributed by atoms with E-state index in [2.05, 4.69) is 16.7 Å². The molecule has 0 heterocycles. The number of hydrogen-bond acceptors (Lipinski definition) is 3. The number of carbonyl (C=O) groups excluding carboxylic acids is 1. The third-order valence-electron chi connectivity index (χ3n) is 0.994. The van der Waals surface area contributed by atoms with Crippen LogP contribution in [0.25, 0.3) is 0 Å². The first-order valence-corrected chi connectivity index (χ1v) is 2.96. The van der Waals surface area contributed by atoms with Crippen molar-refractivity contribution in [3.8, 4) is 0 Å². The van der Waals surface area contributed by atoms with Gasteiger partial charge in [0, 0.05) is 6.54 Å². The van der Waals surface area contributed by atoms with Gasteiger partial charge in [-0.15, -0.1) is 6.58 Å². The lowest BCUT2D eigenvalue weighted by Gasteiger charge is -2.06. The lowest BCUT2D eigenvalue weighted by Crippen LogP contribution is -2.35. The van der Waals surface area contributed by atoms with Crippen LogP contribution < -0.4 is 11.2 Å². The summed E-state index contributed by atoms with van der Waals surface area (Å²) in [5, 5.41) is 2.52. The minimum Gasteiger partial charge on any atom is -0.350 e. The highest BCUT2D eigenvalue weighted by molar-refractivity contribution is 5.80. The predicted octanol–water partition coefficient (Wildman–Crippen LogP) is -0.433. The molecule has 0 aliphatic carbocycles. The van der Waals surface area contributed by atoms with Crippen LogP contribution in [0, 0.1) is 0 Å². The summed E-state index contributed by atoms with van der Waals surface area (Å²) in [7, 11) is 0. The van der Waals surface area contributed by atoms with Gasteiger partial charge in [-0.2, -0.15) is 0 Å². The number of nitrogens with two attached hydrogens (primary N) is 1. The van der Waals surface area contributed by atoms with Crippen molar-refractivity contribution in [3.05, 3.63) is 12.7 Å². The van der Waals surface area contributed by atoms with Crippen molar-refractivity contribution in [2.45, 2.75) is 13.0 Å². The molecule has 0 aromatic heterocycles. The standard InChI is InChI=1S/C6H12N2O2/c1-3-4-8-6(9)5(2)10-7/h3,5H,1,4,7H2,2H3,(H,8,9). The lowest BCUT2D eigenvalue weighted by molar-refractivity contribution is -0.131. The molecule has 58 valence electrons. The number of nitrogens with one attached hydrogen (secondary N) is 1. The van der Waals surface area contributed by atoms with Crippen LogP contribution in [0.5, 0.6) is 0 Å². The average molecular weight is 144 g/mol. The number of hydrogen-bond donors (Lipinski definition) is 2. The van der Waals surface area contributed by atoms with Crippen molar-refractivity contribution in [2.24, 2.45) is 5.90 Å². The summed E-state index contributed by atoms with van der Waals surface area (Å²) in [6.07, 6.45) is 0.987. The van der Waals surface area contributed by atoms with Gasteiger partial charge in [-0.3, -0.25) is 9.63 Å². The highest BCUT2D eigenvalue weighted by atomic mass is 16.6. The van der Waals surface area contributed by atoms with Crippen LogP contribution in [0.1, 0.15) is 6.92 Å². The normalized spacial score (nSPS) is 12.2. The number of amides is 1. The van der Waals surface area contributed by atoms with Gasteiger partial charge in [-0.1, -0.05) is 6.08 Å². The van der Waals surface area contributed by atoms with Gasteiger partial charge in [0.15, 0.2) is 6.10 Å². The summed E-state index contributed by atoms with van der Waals surface area (Å²) in [6, 6.07) is 0. The van der Waals surface area contributed by atoms with E-state index in [4.69, 9.17) is 5.90 Å². The first-order valence-electron chi connectivity index (χ1n) is 2.96. The van der Waals surface area contributed by atoms with Crippen LogP contribution in [0.4, 0.5) is 0 Å². The molecular weight excluding hydrogens is 132 g/mol. The fourth-order valence-corrected chi connectivity index (χ4v) is 0.378. The topological polar surface area (TPSA) is 64.3 Å². The Hall–Kier alpha value is -0.870. The first kappa shape index (κ1) is 9.13. The van der Waals surface area contributed by atoms with Gasteiger partial charge in [0.2, 0.25) is 0 Å². The maximum atomic E-state index is 10.8. The molecule has 1 atom stereocenters. The maximum absolute atomic E-state index is 10.8. The Kier molecular flexibility index (Phi) is 4.53. The van der Waals surface area contributed by atoms with Gasteiger partial charge in [0.25, 0.3) is 5.91 Å². The van der Waals surface area contributed by atoms with Gasteiger partial charge in [-0.05, 0) is 6.92 Å². The van der Waals surface area contributed by atoms with Crippen LogP contribution in [0.15, 0.2) is 12.7 Å². The molecule has 4 nitrogen and oxygen atoms in total. The molecule has 1 unspecified atom stereocenters. The van der Waals surface area contributed by atoms with Crippen molar-refractivity contribution >= 4 is 5.91 Å². The van der Waals surface area contributed by atoms with E-state index >= 15 is 0 Å². The fraction of sp³-hybridized carbons (Fsp3) is 0.500. The van der Waals surface area contributed by atoms with Crippen molar-refractivity contribution in [2.75, 3.05) is 6.54 Å². The van der Waals surface area contributed by atoms with E-state index < -0.39 is 6.10 Å². The Morgan fingerprint density at radius 2 is 2.60 bits per heavy atom. The zero-order valence-corrected chi connectivity index (χ0v) is 5.96. The molecule has 0 spiro atoms. The second-order valence-corrected chi connectivity index (χ2v) is 1.81. The van der Waals surface area contributed by atoms with Gasteiger partial charge in [0.1, 0.15) is 0 Å². The lowest BCUT2D eigenvalue weighted by atomic mass is 10.4. The monoisotopic (exact) mass is 144 g/mol. The van der Waals surface area contributed by atoms with Crippen molar-refractivity contribution in [1.82, 2.24) is 5.32 Å². The van der Waals surface area contributed by atoms with Crippen LogP contribution in [-0.4, -0.2) is 18.6 Å². The Balaban J connectivity index is 3.51. The molecule has 0 rings (SSSR count). The molecule has 0 saturated carbocycles. The van der Waals surface area contributed by atoms with Gasteiger partial charge in [-0.25, -0.2) is 5.90 Å². The number of rotatable bonds is 4. The third kappa shape index (κ3) is 3.21. The van der Waals surface area contributed by atoms with Crippen LogP contribution in [0.3, 0.4) is 0 Å². The quantitative estimate of drug-likeness (QED) is 0.415. The molecule has 1 amide bonds. The Morgan fingerprint density at radius 3 is 3.00 bits per heavy atom. The van der Waals surface area contributed by atoms with Crippen LogP contribution >= 0.6 is 0 Å². The average Bonchev–Trinajstić information content (AvgIpc) is 1.98. The SMILES string of the molecule is C=CCNC(=O)C(C)ON. The molecule has 0 aliphatic heterocycles. The first-order chi connectivity index (χ1) is 4.72. The van der Waals surface area contributed by atoms with Gasteiger partial charge < -0.3 is 5.32 Å². The van der Waals surface area contributed by atoms with E-state index in [0.29, 0.717) is 6.54 Å². The van der Waals surface area contributed by atoms with Gasteiger partial charge in [0.05, 0.1) is 0 Å². The van der Waals surface area contributed by atoms with Crippen molar-refractivity contribution < 1.29 is 9.63 Å². The molecular formula is C6H12N2O2. The fourth-order valence-electron chi connectivity index (χ4n) is 0.378. The zero-order chi connectivity index (χ0) is 7.98. The van der Waals surface area contributed by atoms with Crippen LogP contribution in [0.2, 0.25) is 0 Å². The second-order valence-electron chi connectivity index (χ2n) is 1.81. The Labute approximate surface area is 60.0 Å². The summed E-state index contributed by atoms with van der Waals surface area (Å²) in [5.74, 6) is 4.52. The highest BCUT2D eigenvalue weighted by Crippen LogP contribution is 1.83. The molecule has 0 fully saturated rings. The molecule has 0 aliphatic rings. The van der Waals surface area contributed by atoms with Crippen molar-refractivity contribution in [3.63, 3.8) is 0 Å². The van der Waals surface area contributed by atoms with E-state index in [9.17, 15) is 4.79 Å². The molecule has 0 bridgehead atoms.